The van der Waals surface area contributed by atoms with Gasteiger partial charge in [0.05, 0.1) is 6.10 Å². The average Bonchev–Trinajstić information content (AvgIpc) is 2.91. The SMILES string of the molecule is CC(Oc1ccc([C@H](C)O)c(F)c1)C(=O)N1CCCC1. The van der Waals surface area contributed by atoms with E-state index in [1.54, 1.807) is 17.9 Å². The van der Waals surface area contributed by atoms with Gasteiger partial charge in [0.15, 0.2) is 6.10 Å². The Labute approximate surface area is 118 Å². The molecule has 1 unspecified atom stereocenters. The maximum atomic E-state index is 13.7. The quantitative estimate of drug-likeness (QED) is 0.921. The van der Waals surface area contributed by atoms with Crippen LogP contribution < -0.4 is 4.74 Å². The Balaban J connectivity index is 2.02. The molecule has 1 aromatic carbocycles. The summed E-state index contributed by atoms with van der Waals surface area (Å²) in [5.74, 6) is -0.298. The number of nitrogens with zero attached hydrogens (tertiary/aromatic N) is 1. The maximum Gasteiger partial charge on any atom is 0.263 e. The van der Waals surface area contributed by atoms with Gasteiger partial charge in [-0.3, -0.25) is 4.79 Å². The number of likely N-dealkylation sites (tertiary alicyclic amines) is 1. The molecule has 5 heteroatoms. The third-order valence-corrected chi connectivity index (χ3v) is 3.50. The van der Waals surface area contributed by atoms with E-state index in [0.29, 0.717) is 5.75 Å². The number of aliphatic hydroxyl groups excluding tert-OH is 1. The summed E-state index contributed by atoms with van der Waals surface area (Å²) in [6.07, 6.45) is 0.546. The molecule has 110 valence electrons. The van der Waals surface area contributed by atoms with E-state index in [1.165, 1.54) is 19.1 Å². The minimum atomic E-state index is -0.868. The second-order valence-corrected chi connectivity index (χ2v) is 5.15. The van der Waals surface area contributed by atoms with Gasteiger partial charge in [-0.15, -0.1) is 0 Å². The monoisotopic (exact) mass is 281 g/mol. The Kier molecular flexibility index (Phi) is 4.60. The second kappa shape index (κ2) is 6.22. The molecule has 0 spiro atoms. The van der Waals surface area contributed by atoms with Crippen molar-refractivity contribution in [1.29, 1.82) is 0 Å². The minimum Gasteiger partial charge on any atom is -0.481 e. The second-order valence-electron chi connectivity index (χ2n) is 5.15. The fraction of sp³-hybridized carbons (Fsp3) is 0.533. The highest BCUT2D eigenvalue weighted by Gasteiger charge is 2.24. The van der Waals surface area contributed by atoms with Gasteiger partial charge >= 0.3 is 0 Å². The van der Waals surface area contributed by atoms with Crippen LogP contribution in [0.4, 0.5) is 4.39 Å². The van der Waals surface area contributed by atoms with Gasteiger partial charge in [-0.25, -0.2) is 4.39 Å². The molecule has 1 aromatic rings. The summed E-state index contributed by atoms with van der Waals surface area (Å²) >= 11 is 0. The summed E-state index contributed by atoms with van der Waals surface area (Å²) < 4.78 is 19.2. The summed E-state index contributed by atoms with van der Waals surface area (Å²) in [6, 6.07) is 4.25. The Morgan fingerprint density at radius 3 is 2.55 bits per heavy atom. The number of ether oxygens (including phenoxy) is 1. The van der Waals surface area contributed by atoms with Gasteiger partial charge in [0.2, 0.25) is 0 Å². The first kappa shape index (κ1) is 14.8. The maximum absolute atomic E-state index is 13.7. The number of benzene rings is 1. The first-order valence-corrected chi connectivity index (χ1v) is 6.92. The van der Waals surface area contributed by atoms with Crippen molar-refractivity contribution in [2.75, 3.05) is 13.1 Å². The zero-order valence-electron chi connectivity index (χ0n) is 11.8. The Bertz CT molecular complexity index is 484. The summed E-state index contributed by atoms with van der Waals surface area (Å²) in [4.78, 5) is 13.8. The topological polar surface area (TPSA) is 49.8 Å². The highest BCUT2D eigenvalue weighted by molar-refractivity contribution is 5.81. The van der Waals surface area contributed by atoms with Crippen molar-refractivity contribution in [3.8, 4) is 5.75 Å². The zero-order chi connectivity index (χ0) is 14.7. The fourth-order valence-corrected chi connectivity index (χ4v) is 2.37. The number of aliphatic hydroxyl groups is 1. The fourth-order valence-electron chi connectivity index (χ4n) is 2.37. The van der Waals surface area contributed by atoms with E-state index in [9.17, 15) is 14.3 Å². The Morgan fingerprint density at radius 2 is 2.00 bits per heavy atom. The molecule has 0 aromatic heterocycles. The van der Waals surface area contributed by atoms with E-state index in [1.807, 2.05) is 0 Å². The van der Waals surface area contributed by atoms with Crippen LogP contribution in [0.5, 0.6) is 5.75 Å². The van der Waals surface area contributed by atoms with E-state index in [2.05, 4.69) is 0 Å². The molecule has 4 nitrogen and oxygen atoms in total. The molecule has 0 aliphatic carbocycles. The summed E-state index contributed by atoms with van der Waals surface area (Å²) in [6.45, 7) is 4.70. The predicted octanol–water partition coefficient (Wildman–Crippen LogP) is 2.27. The lowest BCUT2D eigenvalue weighted by Gasteiger charge is -2.21. The molecule has 1 aliphatic heterocycles. The minimum absolute atomic E-state index is 0.0671. The van der Waals surface area contributed by atoms with E-state index in [0.717, 1.165) is 25.9 Å². The van der Waals surface area contributed by atoms with Crippen LogP contribution in [-0.2, 0) is 4.79 Å². The number of rotatable bonds is 4. The van der Waals surface area contributed by atoms with Gasteiger partial charge in [0.25, 0.3) is 5.91 Å². The molecule has 1 aliphatic rings. The van der Waals surface area contributed by atoms with Crippen LogP contribution in [0.15, 0.2) is 18.2 Å². The molecule has 0 saturated carbocycles. The van der Waals surface area contributed by atoms with Crippen LogP contribution in [0.1, 0.15) is 38.4 Å². The van der Waals surface area contributed by atoms with Crippen molar-refractivity contribution in [2.24, 2.45) is 0 Å². The summed E-state index contributed by atoms with van der Waals surface area (Å²) in [5.41, 5.74) is 0.218. The number of amides is 1. The van der Waals surface area contributed by atoms with Gasteiger partial charge in [-0.2, -0.15) is 0 Å². The molecular weight excluding hydrogens is 261 g/mol. The molecule has 1 heterocycles. The molecule has 1 fully saturated rings. The third kappa shape index (κ3) is 3.28. The molecule has 0 radical (unpaired) electrons. The zero-order valence-corrected chi connectivity index (χ0v) is 11.8. The van der Waals surface area contributed by atoms with Crippen LogP contribution >= 0.6 is 0 Å². The van der Waals surface area contributed by atoms with Crippen molar-refractivity contribution >= 4 is 5.91 Å². The Hall–Kier alpha value is -1.62. The molecule has 1 saturated heterocycles. The lowest BCUT2D eigenvalue weighted by Crippen LogP contribution is -2.38. The van der Waals surface area contributed by atoms with Crippen molar-refractivity contribution in [3.63, 3.8) is 0 Å². The van der Waals surface area contributed by atoms with Crippen molar-refractivity contribution in [2.45, 2.75) is 38.9 Å². The molecular formula is C15H20FNO3. The number of carbonyl (C=O) groups is 1. The number of halogens is 1. The standard InChI is InChI=1S/C15H20FNO3/c1-10(18)13-6-5-12(9-14(13)16)20-11(2)15(19)17-7-3-4-8-17/h5-6,9-11,18H,3-4,7-8H2,1-2H3/t10-,11?/m0/s1. The van der Waals surface area contributed by atoms with Gasteiger partial charge in [0.1, 0.15) is 11.6 Å². The number of carbonyl (C=O) groups excluding carboxylic acids is 1. The van der Waals surface area contributed by atoms with Crippen LogP contribution in [0.3, 0.4) is 0 Å². The van der Waals surface area contributed by atoms with Crippen LogP contribution in [0.25, 0.3) is 0 Å². The van der Waals surface area contributed by atoms with E-state index in [4.69, 9.17) is 4.74 Å². The molecule has 2 atom stereocenters. The van der Waals surface area contributed by atoms with Crippen molar-refractivity contribution in [1.82, 2.24) is 4.90 Å². The summed E-state index contributed by atoms with van der Waals surface area (Å²) in [5, 5.41) is 9.37. The van der Waals surface area contributed by atoms with E-state index >= 15 is 0 Å². The van der Waals surface area contributed by atoms with Crippen LogP contribution in [-0.4, -0.2) is 35.1 Å². The predicted molar refractivity (Wildman–Crippen MR) is 72.9 cm³/mol. The smallest absolute Gasteiger partial charge is 0.263 e. The van der Waals surface area contributed by atoms with Crippen LogP contribution in [0, 0.1) is 5.82 Å². The average molecular weight is 281 g/mol. The largest absolute Gasteiger partial charge is 0.481 e. The molecule has 1 N–H and O–H groups in total. The van der Waals surface area contributed by atoms with Crippen molar-refractivity contribution < 1.29 is 19.0 Å². The molecule has 20 heavy (non-hydrogen) atoms. The summed E-state index contributed by atoms with van der Waals surface area (Å²) in [7, 11) is 0. The first-order chi connectivity index (χ1) is 9.49. The highest BCUT2D eigenvalue weighted by Crippen LogP contribution is 2.23. The third-order valence-electron chi connectivity index (χ3n) is 3.50. The lowest BCUT2D eigenvalue weighted by molar-refractivity contribution is -0.136. The van der Waals surface area contributed by atoms with E-state index in [-0.39, 0.29) is 11.5 Å². The van der Waals surface area contributed by atoms with Gasteiger partial charge in [-0.1, -0.05) is 0 Å². The van der Waals surface area contributed by atoms with E-state index < -0.39 is 18.0 Å². The van der Waals surface area contributed by atoms with Gasteiger partial charge in [0, 0.05) is 24.7 Å². The first-order valence-electron chi connectivity index (χ1n) is 6.92. The van der Waals surface area contributed by atoms with Gasteiger partial charge in [-0.05, 0) is 38.8 Å². The molecule has 2 rings (SSSR count). The normalized spacial score (nSPS) is 17.9. The molecule has 0 bridgehead atoms. The number of hydrogen-bond donors (Lipinski definition) is 1. The molecule has 1 amide bonds. The van der Waals surface area contributed by atoms with Gasteiger partial charge < -0.3 is 14.7 Å². The highest BCUT2D eigenvalue weighted by atomic mass is 19.1. The van der Waals surface area contributed by atoms with Crippen molar-refractivity contribution in [3.05, 3.63) is 29.6 Å². The van der Waals surface area contributed by atoms with Crippen LogP contribution in [0.2, 0.25) is 0 Å². The Morgan fingerprint density at radius 1 is 1.35 bits per heavy atom. The lowest BCUT2D eigenvalue weighted by atomic mass is 10.1. The number of hydrogen-bond acceptors (Lipinski definition) is 3.